The molecule has 2 fully saturated rings. The molecule has 25 heavy (non-hydrogen) atoms. The van der Waals surface area contributed by atoms with Gasteiger partial charge in [-0.15, -0.1) is 0 Å². The number of benzene rings is 1. The van der Waals surface area contributed by atoms with E-state index in [1.165, 1.54) is 0 Å². The Bertz CT molecular complexity index is 812. The van der Waals surface area contributed by atoms with Crippen molar-refractivity contribution in [3.8, 4) is 5.75 Å². The molecular weight excluding hydrogens is 324 g/mol. The SMILES string of the molecule is Cc1ccc(OC2CCC2)c2c1C(=O)N(C1CCC(=O)NC1=O)C2=O. The maximum Gasteiger partial charge on any atom is 0.266 e. The van der Waals surface area contributed by atoms with E-state index in [9.17, 15) is 19.2 Å². The molecule has 4 rings (SSSR count). The third-order valence-corrected chi connectivity index (χ3v) is 5.11. The molecule has 2 aliphatic heterocycles. The molecule has 0 radical (unpaired) electrons. The number of carbonyl (C=O) groups excluding carboxylic acids is 4. The van der Waals surface area contributed by atoms with Crippen LogP contribution >= 0.6 is 0 Å². The predicted octanol–water partition coefficient (Wildman–Crippen LogP) is 1.33. The lowest BCUT2D eigenvalue weighted by Gasteiger charge is -2.28. The smallest absolute Gasteiger partial charge is 0.266 e. The third kappa shape index (κ3) is 2.42. The van der Waals surface area contributed by atoms with Crippen LogP contribution in [0.1, 0.15) is 58.4 Å². The second-order valence-corrected chi connectivity index (χ2v) is 6.75. The minimum Gasteiger partial charge on any atom is -0.490 e. The van der Waals surface area contributed by atoms with Crippen LogP contribution in [0.15, 0.2) is 12.1 Å². The zero-order valence-corrected chi connectivity index (χ0v) is 13.8. The fourth-order valence-electron chi connectivity index (χ4n) is 3.49. The Labute approximate surface area is 144 Å². The number of aryl methyl sites for hydroxylation is 1. The van der Waals surface area contributed by atoms with Gasteiger partial charge in [0, 0.05) is 6.42 Å². The van der Waals surface area contributed by atoms with Crippen molar-refractivity contribution in [3.05, 3.63) is 28.8 Å². The molecule has 2 heterocycles. The molecule has 1 unspecified atom stereocenters. The van der Waals surface area contributed by atoms with Crippen LogP contribution < -0.4 is 10.1 Å². The Morgan fingerprint density at radius 3 is 2.40 bits per heavy atom. The van der Waals surface area contributed by atoms with E-state index >= 15 is 0 Å². The molecule has 1 N–H and O–H groups in total. The van der Waals surface area contributed by atoms with Crippen molar-refractivity contribution in [2.24, 2.45) is 0 Å². The molecule has 0 aromatic heterocycles. The second-order valence-electron chi connectivity index (χ2n) is 6.75. The number of carbonyl (C=O) groups is 4. The summed E-state index contributed by atoms with van der Waals surface area (Å²) >= 11 is 0. The van der Waals surface area contributed by atoms with Gasteiger partial charge in [0.25, 0.3) is 11.8 Å². The monoisotopic (exact) mass is 342 g/mol. The molecule has 1 aromatic carbocycles. The van der Waals surface area contributed by atoms with Crippen molar-refractivity contribution in [2.45, 2.75) is 51.2 Å². The van der Waals surface area contributed by atoms with Crippen molar-refractivity contribution in [1.82, 2.24) is 10.2 Å². The average Bonchev–Trinajstić information content (AvgIpc) is 2.78. The van der Waals surface area contributed by atoms with Crippen molar-refractivity contribution in [1.29, 1.82) is 0 Å². The Morgan fingerprint density at radius 2 is 1.76 bits per heavy atom. The molecule has 7 heteroatoms. The first-order valence-corrected chi connectivity index (χ1v) is 8.49. The number of hydrogen-bond acceptors (Lipinski definition) is 5. The first kappa shape index (κ1) is 15.8. The van der Waals surface area contributed by atoms with Crippen LogP contribution in [0.4, 0.5) is 0 Å². The predicted molar refractivity (Wildman–Crippen MR) is 86.1 cm³/mol. The highest BCUT2D eigenvalue weighted by atomic mass is 16.5. The van der Waals surface area contributed by atoms with Gasteiger partial charge in [-0.25, -0.2) is 0 Å². The summed E-state index contributed by atoms with van der Waals surface area (Å²) in [5.74, 6) is -1.61. The van der Waals surface area contributed by atoms with Gasteiger partial charge in [0.05, 0.1) is 17.2 Å². The highest BCUT2D eigenvalue weighted by Gasteiger charge is 2.47. The Hall–Kier alpha value is -2.70. The van der Waals surface area contributed by atoms with Gasteiger partial charge in [0.15, 0.2) is 0 Å². The normalized spacial score (nSPS) is 23.4. The Morgan fingerprint density at radius 1 is 1.04 bits per heavy atom. The quantitative estimate of drug-likeness (QED) is 0.837. The molecule has 1 saturated heterocycles. The molecule has 1 atom stereocenters. The van der Waals surface area contributed by atoms with E-state index in [0.717, 1.165) is 24.2 Å². The number of nitrogens with one attached hydrogen (secondary N) is 1. The summed E-state index contributed by atoms with van der Waals surface area (Å²) in [7, 11) is 0. The Balaban J connectivity index is 1.71. The maximum absolute atomic E-state index is 13.0. The molecule has 0 bridgehead atoms. The van der Waals surface area contributed by atoms with Crippen LogP contribution in [-0.4, -0.2) is 40.7 Å². The van der Waals surface area contributed by atoms with E-state index < -0.39 is 23.8 Å². The van der Waals surface area contributed by atoms with Gasteiger partial charge in [0.2, 0.25) is 11.8 Å². The molecule has 0 spiro atoms. The first-order valence-electron chi connectivity index (χ1n) is 8.49. The summed E-state index contributed by atoms with van der Waals surface area (Å²) in [6, 6.07) is 2.51. The number of imide groups is 2. The summed E-state index contributed by atoms with van der Waals surface area (Å²) in [5.41, 5.74) is 1.21. The topological polar surface area (TPSA) is 92.8 Å². The molecule has 1 saturated carbocycles. The van der Waals surface area contributed by atoms with Gasteiger partial charge in [0.1, 0.15) is 11.8 Å². The highest BCUT2D eigenvalue weighted by Crippen LogP contribution is 2.37. The summed E-state index contributed by atoms with van der Waals surface area (Å²) in [4.78, 5) is 50.3. The molecule has 3 aliphatic rings. The van der Waals surface area contributed by atoms with Gasteiger partial charge in [-0.3, -0.25) is 29.4 Å². The van der Waals surface area contributed by atoms with Crippen LogP contribution in [0, 0.1) is 6.92 Å². The highest BCUT2D eigenvalue weighted by molar-refractivity contribution is 6.25. The van der Waals surface area contributed by atoms with Gasteiger partial charge < -0.3 is 4.74 Å². The first-order chi connectivity index (χ1) is 12.0. The standard InChI is InChI=1S/C18H18N2O5/c1-9-5-7-12(25-10-3-2-4-10)15-14(9)17(23)20(18(15)24)11-6-8-13(21)19-16(11)22/h5,7,10-11H,2-4,6,8H2,1H3,(H,19,21,22). The van der Waals surface area contributed by atoms with E-state index in [0.29, 0.717) is 16.9 Å². The van der Waals surface area contributed by atoms with Crippen molar-refractivity contribution >= 4 is 23.6 Å². The molecule has 1 aromatic rings. The van der Waals surface area contributed by atoms with E-state index in [1.54, 1.807) is 19.1 Å². The van der Waals surface area contributed by atoms with E-state index in [4.69, 9.17) is 4.74 Å². The van der Waals surface area contributed by atoms with E-state index in [-0.39, 0.29) is 30.4 Å². The van der Waals surface area contributed by atoms with Crippen LogP contribution in [0.3, 0.4) is 0 Å². The molecular formula is C18H18N2O5. The molecule has 130 valence electrons. The number of ether oxygens (including phenoxy) is 1. The van der Waals surface area contributed by atoms with Gasteiger partial charge in [-0.1, -0.05) is 6.07 Å². The minimum absolute atomic E-state index is 0.0689. The number of nitrogens with zero attached hydrogens (tertiary/aromatic N) is 1. The lowest BCUT2D eigenvalue weighted by molar-refractivity contribution is -0.136. The number of amides is 4. The summed E-state index contributed by atoms with van der Waals surface area (Å²) in [6.07, 6.45) is 3.28. The zero-order chi connectivity index (χ0) is 17.7. The molecule has 7 nitrogen and oxygen atoms in total. The van der Waals surface area contributed by atoms with Gasteiger partial charge >= 0.3 is 0 Å². The van der Waals surface area contributed by atoms with Crippen LogP contribution in [0.2, 0.25) is 0 Å². The zero-order valence-electron chi connectivity index (χ0n) is 13.8. The van der Waals surface area contributed by atoms with E-state index in [2.05, 4.69) is 5.32 Å². The maximum atomic E-state index is 13.0. The van der Waals surface area contributed by atoms with Crippen LogP contribution in [-0.2, 0) is 9.59 Å². The minimum atomic E-state index is -0.957. The average molecular weight is 342 g/mol. The van der Waals surface area contributed by atoms with Crippen molar-refractivity contribution < 1.29 is 23.9 Å². The number of hydrogen-bond donors (Lipinski definition) is 1. The van der Waals surface area contributed by atoms with Gasteiger partial charge in [-0.2, -0.15) is 0 Å². The van der Waals surface area contributed by atoms with Crippen molar-refractivity contribution in [3.63, 3.8) is 0 Å². The second kappa shape index (κ2) is 5.68. The van der Waals surface area contributed by atoms with Gasteiger partial charge in [-0.05, 0) is 44.2 Å². The lowest BCUT2D eigenvalue weighted by atomic mass is 9.95. The third-order valence-electron chi connectivity index (χ3n) is 5.11. The summed E-state index contributed by atoms with van der Waals surface area (Å²) in [5, 5.41) is 2.20. The molecule has 1 aliphatic carbocycles. The summed E-state index contributed by atoms with van der Waals surface area (Å²) in [6.45, 7) is 1.76. The number of rotatable bonds is 3. The van der Waals surface area contributed by atoms with Crippen LogP contribution in [0.25, 0.3) is 0 Å². The van der Waals surface area contributed by atoms with Crippen LogP contribution in [0.5, 0.6) is 5.75 Å². The molecule has 4 amide bonds. The Kier molecular flexibility index (Phi) is 3.59. The van der Waals surface area contributed by atoms with Crippen molar-refractivity contribution in [2.75, 3.05) is 0 Å². The largest absolute Gasteiger partial charge is 0.490 e. The fraction of sp³-hybridized carbons (Fsp3) is 0.444. The number of piperidine rings is 1. The number of fused-ring (bicyclic) bond motifs is 1. The fourth-order valence-corrected chi connectivity index (χ4v) is 3.49. The lowest BCUT2D eigenvalue weighted by Crippen LogP contribution is -2.54. The van der Waals surface area contributed by atoms with E-state index in [1.807, 2.05) is 0 Å². The summed E-state index contributed by atoms with van der Waals surface area (Å²) < 4.78 is 5.89.